The van der Waals surface area contributed by atoms with E-state index in [9.17, 15) is 18.0 Å². The van der Waals surface area contributed by atoms with Crippen LogP contribution in [-0.4, -0.2) is 71.0 Å². The first-order valence-electron chi connectivity index (χ1n) is 13.0. The summed E-state index contributed by atoms with van der Waals surface area (Å²) in [6.07, 6.45) is 6.01. The minimum Gasteiger partial charge on any atom is -0.497 e. The van der Waals surface area contributed by atoms with E-state index in [2.05, 4.69) is 4.89 Å². The Bertz CT molecular complexity index is 1170. The van der Waals surface area contributed by atoms with Crippen LogP contribution in [0.4, 0.5) is 0 Å². The van der Waals surface area contributed by atoms with Crippen molar-refractivity contribution in [3.05, 3.63) is 59.7 Å². The number of amides is 2. The van der Waals surface area contributed by atoms with Crippen molar-refractivity contribution < 1.29 is 41.9 Å². The molecule has 1 N–H and O–H groups in total. The number of carbonyl (C=O) groups excluding carboxylic acids is 2. The van der Waals surface area contributed by atoms with Gasteiger partial charge in [-0.1, -0.05) is 17.0 Å². The lowest BCUT2D eigenvalue weighted by Crippen LogP contribution is -2.35. The summed E-state index contributed by atoms with van der Waals surface area (Å²) in [7, 11) is -2.15. The number of hydrogen-bond acceptors (Lipinski definition) is 9. The number of imide groups is 1. The largest absolute Gasteiger partial charge is 0.497 e. The van der Waals surface area contributed by atoms with Crippen molar-refractivity contribution in [3.63, 3.8) is 0 Å². The molecule has 2 unspecified atom stereocenters. The number of hydroxylamine groups is 2. The third-order valence-electron chi connectivity index (χ3n) is 6.50. The SMILES string of the molecule is COc1ccc(S(=O)(=O)NOCC2CCCCO2)cc1.O=C1c2ccccc2C(=O)N1OCC1CCCCO1. The Hall–Kier alpha value is -2.87. The smallest absolute Gasteiger partial charge is 0.285 e. The summed E-state index contributed by atoms with van der Waals surface area (Å²) >= 11 is 0. The fourth-order valence-electron chi connectivity index (χ4n) is 4.33. The molecule has 0 radical (unpaired) electrons. The van der Waals surface area contributed by atoms with Crippen molar-refractivity contribution in [1.29, 1.82) is 0 Å². The number of benzene rings is 2. The molecule has 3 heterocycles. The van der Waals surface area contributed by atoms with Crippen molar-refractivity contribution in [1.82, 2.24) is 9.95 Å². The van der Waals surface area contributed by atoms with Gasteiger partial charge in [-0.25, -0.2) is 8.42 Å². The molecule has 39 heavy (non-hydrogen) atoms. The van der Waals surface area contributed by atoms with Crippen molar-refractivity contribution in [2.75, 3.05) is 33.5 Å². The lowest BCUT2D eigenvalue weighted by Gasteiger charge is -2.23. The molecule has 5 rings (SSSR count). The van der Waals surface area contributed by atoms with Gasteiger partial charge in [0.25, 0.3) is 21.8 Å². The van der Waals surface area contributed by atoms with Crippen LogP contribution in [0.25, 0.3) is 0 Å². The molecule has 3 aliphatic heterocycles. The number of methoxy groups -OCH3 is 1. The molecule has 212 valence electrons. The van der Waals surface area contributed by atoms with E-state index in [-0.39, 0.29) is 30.3 Å². The van der Waals surface area contributed by atoms with Gasteiger partial charge in [-0.2, -0.15) is 0 Å². The minimum absolute atomic E-state index is 0.0296. The topological polar surface area (TPSA) is 130 Å². The van der Waals surface area contributed by atoms with Crippen molar-refractivity contribution in [2.45, 2.75) is 55.6 Å². The van der Waals surface area contributed by atoms with E-state index in [1.54, 1.807) is 36.4 Å². The number of sulfonamides is 1. The van der Waals surface area contributed by atoms with Crippen LogP contribution in [0.1, 0.15) is 59.2 Å². The average Bonchev–Trinajstić information content (AvgIpc) is 3.22. The molecule has 11 nitrogen and oxygen atoms in total. The molecule has 2 amide bonds. The molecule has 2 fully saturated rings. The van der Waals surface area contributed by atoms with Crippen LogP contribution in [0, 0.1) is 0 Å². The van der Waals surface area contributed by atoms with Crippen molar-refractivity contribution in [3.8, 4) is 5.75 Å². The summed E-state index contributed by atoms with van der Waals surface area (Å²) in [6, 6.07) is 12.8. The normalized spacial score (nSPS) is 21.2. The van der Waals surface area contributed by atoms with Crippen molar-refractivity contribution in [2.24, 2.45) is 0 Å². The first kappa shape index (κ1) is 29.1. The third kappa shape index (κ3) is 7.84. The van der Waals surface area contributed by atoms with Gasteiger partial charge in [0.1, 0.15) is 12.4 Å². The van der Waals surface area contributed by atoms with Crippen molar-refractivity contribution >= 4 is 21.8 Å². The summed E-state index contributed by atoms with van der Waals surface area (Å²) in [5.41, 5.74) is 0.800. The Morgan fingerprint density at radius 3 is 1.92 bits per heavy atom. The fourth-order valence-corrected chi connectivity index (χ4v) is 5.14. The lowest BCUT2D eigenvalue weighted by molar-refractivity contribution is -0.134. The van der Waals surface area contributed by atoms with Gasteiger partial charge in [0, 0.05) is 13.2 Å². The molecular weight excluding hydrogens is 528 g/mol. The zero-order valence-electron chi connectivity index (χ0n) is 21.9. The highest BCUT2D eigenvalue weighted by molar-refractivity contribution is 7.89. The lowest BCUT2D eigenvalue weighted by atomic mass is 10.1. The van der Waals surface area contributed by atoms with Crippen LogP contribution < -0.4 is 9.62 Å². The maximum absolute atomic E-state index is 12.0. The minimum atomic E-state index is -3.67. The first-order valence-corrected chi connectivity index (χ1v) is 14.5. The Labute approximate surface area is 228 Å². The number of carbonyl (C=O) groups is 2. The zero-order chi connectivity index (χ0) is 27.7. The van der Waals surface area contributed by atoms with Crippen LogP contribution >= 0.6 is 0 Å². The third-order valence-corrected chi connectivity index (χ3v) is 7.73. The Morgan fingerprint density at radius 1 is 0.846 bits per heavy atom. The van der Waals surface area contributed by atoms with Gasteiger partial charge >= 0.3 is 0 Å². The quantitative estimate of drug-likeness (QED) is 0.362. The predicted molar refractivity (Wildman–Crippen MR) is 139 cm³/mol. The van der Waals surface area contributed by atoms with Crippen LogP contribution in [0.15, 0.2) is 53.4 Å². The summed E-state index contributed by atoms with van der Waals surface area (Å²) in [5, 5.41) is 0.850. The van der Waals surface area contributed by atoms with Crippen LogP contribution in [0.3, 0.4) is 0 Å². The van der Waals surface area contributed by atoms with E-state index in [4.69, 9.17) is 23.9 Å². The fraction of sp³-hybridized carbons (Fsp3) is 0.481. The molecule has 0 aliphatic carbocycles. The van der Waals surface area contributed by atoms with Gasteiger partial charge in [-0.15, -0.1) is 5.06 Å². The second-order valence-corrected chi connectivity index (χ2v) is 10.9. The van der Waals surface area contributed by atoms with Gasteiger partial charge in [0.2, 0.25) is 0 Å². The Kier molecular flexibility index (Phi) is 10.4. The Morgan fingerprint density at radius 2 is 1.41 bits per heavy atom. The number of fused-ring (bicyclic) bond motifs is 1. The number of rotatable bonds is 9. The highest BCUT2D eigenvalue weighted by Gasteiger charge is 2.37. The summed E-state index contributed by atoms with van der Waals surface area (Å²) in [5.74, 6) is -0.187. The molecule has 0 bridgehead atoms. The molecule has 0 spiro atoms. The summed E-state index contributed by atoms with van der Waals surface area (Å²) in [4.78, 5) is 36.7. The standard InChI is InChI=1S/C14H15NO4.C13H19NO5S/c16-13-11-6-1-2-7-12(11)14(17)15(13)19-9-10-5-3-4-8-18-10;1-17-11-5-7-13(8-6-11)20(15,16)14-19-10-12-4-2-3-9-18-12/h1-2,6-7,10H,3-5,8-9H2;5-8,12,14H,2-4,9-10H2,1H3. The molecule has 0 saturated carbocycles. The number of nitrogens with zero attached hydrogens (tertiary/aromatic N) is 1. The molecule has 2 aromatic carbocycles. The molecule has 3 aliphatic rings. The van der Waals surface area contributed by atoms with E-state index in [0.717, 1.165) is 50.2 Å². The number of ether oxygens (including phenoxy) is 3. The summed E-state index contributed by atoms with van der Waals surface area (Å²) in [6.45, 7) is 1.89. The number of nitrogens with one attached hydrogen (secondary N) is 1. The monoisotopic (exact) mass is 562 g/mol. The number of hydrogen-bond donors (Lipinski definition) is 1. The molecular formula is C27H34N2O9S. The van der Waals surface area contributed by atoms with E-state index in [0.29, 0.717) is 23.5 Å². The zero-order valence-corrected chi connectivity index (χ0v) is 22.7. The highest BCUT2D eigenvalue weighted by atomic mass is 32.2. The molecule has 2 aromatic rings. The van der Waals surface area contributed by atoms with E-state index in [1.807, 2.05) is 0 Å². The van der Waals surface area contributed by atoms with E-state index < -0.39 is 21.8 Å². The van der Waals surface area contributed by atoms with E-state index >= 15 is 0 Å². The molecule has 0 aromatic heterocycles. The predicted octanol–water partition coefficient (Wildman–Crippen LogP) is 3.26. The van der Waals surface area contributed by atoms with Crippen LogP contribution in [0.5, 0.6) is 5.75 Å². The Balaban J connectivity index is 0.000000181. The summed E-state index contributed by atoms with van der Waals surface area (Å²) < 4.78 is 39.9. The van der Waals surface area contributed by atoms with Gasteiger partial charge in [-0.3, -0.25) is 19.3 Å². The maximum Gasteiger partial charge on any atom is 0.285 e. The average molecular weight is 563 g/mol. The van der Waals surface area contributed by atoms with Gasteiger partial charge in [0.05, 0.1) is 41.9 Å². The molecule has 12 heteroatoms. The van der Waals surface area contributed by atoms with Gasteiger partial charge in [0.15, 0.2) is 0 Å². The van der Waals surface area contributed by atoms with Crippen LogP contribution in [-0.2, 0) is 29.2 Å². The molecule has 2 atom stereocenters. The van der Waals surface area contributed by atoms with Gasteiger partial charge in [-0.05, 0) is 74.9 Å². The molecule has 2 saturated heterocycles. The van der Waals surface area contributed by atoms with E-state index in [1.165, 1.54) is 19.2 Å². The highest BCUT2D eigenvalue weighted by Crippen LogP contribution is 2.23. The van der Waals surface area contributed by atoms with Gasteiger partial charge < -0.3 is 14.2 Å². The second-order valence-electron chi connectivity index (χ2n) is 9.30. The van der Waals surface area contributed by atoms with Crippen LogP contribution in [0.2, 0.25) is 0 Å². The maximum atomic E-state index is 12.0. The first-order chi connectivity index (χ1) is 18.9. The second kappa shape index (κ2) is 14.0.